The summed E-state index contributed by atoms with van der Waals surface area (Å²) in [7, 11) is 0. The fourth-order valence-electron chi connectivity index (χ4n) is 5.93. The Kier molecular flexibility index (Phi) is 8.12. The number of nitrogens with one attached hydrogen (secondary N) is 1. The SMILES string of the molecule is CCCCc1nc(CCc2ccccc2)nn1Cc1ccc(-n2ccc(C3CCCCC3)c2-c2nnn[nH]2)cc1. The van der Waals surface area contributed by atoms with E-state index in [0.717, 1.165) is 67.5 Å². The fourth-order valence-corrected chi connectivity index (χ4v) is 5.93. The molecule has 0 unspecified atom stereocenters. The first-order chi connectivity index (χ1) is 19.8. The Morgan fingerprint density at radius 2 is 1.70 bits per heavy atom. The van der Waals surface area contributed by atoms with Crippen LogP contribution in [0.2, 0.25) is 0 Å². The highest BCUT2D eigenvalue weighted by molar-refractivity contribution is 5.61. The van der Waals surface area contributed by atoms with Gasteiger partial charge in [-0.15, -0.1) is 5.10 Å². The van der Waals surface area contributed by atoms with Crippen LogP contribution in [0.1, 0.15) is 86.1 Å². The second-order valence-electron chi connectivity index (χ2n) is 10.9. The molecule has 0 bridgehead atoms. The lowest BCUT2D eigenvalue weighted by Crippen LogP contribution is -2.08. The molecule has 0 saturated heterocycles. The average molecular weight is 535 g/mol. The molecule has 8 heteroatoms. The Labute approximate surface area is 235 Å². The summed E-state index contributed by atoms with van der Waals surface area (Å²) >= 11 is 0. The van der Waals surface area contributed by atoms with Crippen LogP contribution in [0.5, 0.6) is 0 Å². The molecule has 3 heterocycles. The Balaban J connectivity index is 1.22. The first-order valence-electron chi connectivity index (χ1n) is 14.8. The predicted octanol–water partition coefficient (Wildman–Crippen LogP) is 6.47. The van der Waals surface area contributed by atoms with Gasteiger partial charge in [0.25, 0.3) is 0 Å². The highest BCUT2D eigenvalue weighted by Gasteiger charge is 2.24. The van der Waals surface area contributed by atoms with Crippen LogP contribution in [-0.4, -0.2) is 40.0 Å². The molecule has 5 aromatic rings. The van der Waals surface area contributed by atoms with Gasteiger partial charge in [0, 0.05) is 24.7 Å². The maximum absolute atomic E-state index is 4.94. The summed E-state index contributed by atoms with van der Waals surface area (Å²) in [6.07, 6.45) is 13.5. The number of tetrazole rings is 1. The van der Waals surface area contributed by atoms with Gasteiger partial charge in [0.05, 0.1) is 12.2 Å². The molecule has 0 spiro atoms. The molecule has 1 aliphatic carbocycles. The number of aromatic nitrogens is 8. The number of nitrogens with zero attached hydrogens (tertiary/aromatic N) is 7. The number of hydrogen-bond acceptors (Lipinski definition) is 5. The highest BCUT2D eigenvalue weighted by atomic mass is 15.5. The molecule has 0 amide bonds. The minimum Gasteiger partial charge on any atom is -0.314 e. The quantitative estimate of drug-likeness (QED) is 0.210. The molecule has 1 aliphatic rings. The van der Waals surface area contributed by atoms with Gasteiger partial charge in [-0.2, -0.15) is 5.10 Å². The minimum absolute atomic E-state index is 0.555. The van der Waals surface area contributed by atoms with Crippen molar-refractivity contribution >= 4 is 0 Å². The van der Waals surface area contributed by atoms with Crippen molar-refractivity contribution < 1.29 is 0 Å². The molecular weight excluding hydrogens is 496 g/mol. The molecule has 0 radical (unpaired) electrons. The maximum Gasteiger partial charge on any atom is 0.196 e. The average Bonchev–Trinajstić information content (AvgIpc) is 3.77. The van der Waals surface area contributed by atoms with E-state index >= 15 is 0 Å². The zero-order chi connectivity index (χ0) is 27.1. The molecule has 0 atom stereocenters. The van der Waals surface area contributed by atoms with Gasteiger partial charge >= 0.3 is 0 Å². The number of hydrogen-bond donors (Lipinski definition) is 1. The Morgan fingerprint density at radius 1 is 0.875 bits per heavy atom. The van der Waals surface area contributed by atoms with Crippen LogP contribution in [-0.2, 0) is 25.8 Å². The minimum atomic E-state index is 0.555. The summed E-state index contributed by atoms with van der Waals surface area (Å²) < 4.78 is 4.33. The van der Waals surface area contributed by atoms with Crippen molar-refractivity contribution in [2.45, 2.75) is 83.6 Å². The van der Waals surface area contributed by atoms with E-state index in [4.69, 9.17) is 10.1 Å². The third-order valence-corrected chi connectivity index (χ3v) is 8.11. The van der Waals surface area contributed by atoms with Gasteiger partial charge in [-0.25, -0.2) is 14.8 Å². The lowest BCUT2D eigenvalue weighted by molar-refractivity contribution is 0.444. The second-order valence-corrected chi connectivity index (χ2v) is 10.9. The van der Waals surface area contributed by atoms with E-state index < -0.39 is 0 Å². The van der Waals surface area contributed by atoms with Crippen molar-refractivity contribution in [3.05, 3.63) is 95.2 Å². The van der Waals surface area contributed by atoms with Crippen LogP contribution in [0.3, 0.4) is 0 Å². The molecule has 8 nitrogen and oxygen atoms in total. The highest BCUT2D eigenvalue weighted by Crippen LogP contribution is 2.38. The standard InChI is InChI=1S/C32H38N8/c1-2-3-14-30-33-29(20-17-24-10-6-4-7-11-24)36-40(30)23-25-15-18-27(19-16-25)39-22-21-28(26-12-8-5-9-13-26)31(39)32-34-37-38-35-32/h4,6-7,10-11,15-16,18-19,21-22,26H,2-3,5,8-9,12-14,17,20,23H2,1H3,(H,34,35,37,38). The second kappa shape index (κ2) is 12.4. The third kappa shape index (κ3) is 5.91. The summed E-state index contributed by atoms with van der Waals surface area (Å²) in [6, 6.07) is 21.6. The zero-order valence-electron chi connectivity index (χ0n) is 23.3. The normalized spacial score (nSPS) is 14.1. The van der Waals surface area contributed by atoms with E-state index in [2.05, 4.69) is 104 Å². The molecule has 6 rings (SSSR count). The van der Waals surface area contributed by atoms with Crippen molar-refractivity contribution in [1.82, 2.24) is 40.0 Å². The maximum atomic E-state index is 4.94. The van der Waals surface area contributed by atoms with Crippen LogP contribution in [0.15, 0.2) is 66.9 Å². The van der Waals surface area contributed by atoms with Gasteiger partial charge in [0.2, 0.25) is 0 Å². The van der Waals surface area contributed by atoms with Gasteiger partial charge in [0.1, 0.15) is 5.82 Å². The predicted molar refractivity (Wildman–Crippen MR) is 156 cm³/mol. The summed E-state index contributed by atoms with van der Waals surface area (Å²) in [6.45, 7) is 2.94. The molecule has 0 aliphatic heterocycles. The third-order valence-electron chi connectivity index (χ3n) is 8.11. The summed E-state index contributed by atoms with van der Waals surface area (Å²) in [5.41, 5.74) is 6.05. The first kappa shape index (κ1) is 26.2. The number of benzene rings is 2. The van der Waals surface area contributed by atoms with Crippen LogP contribution in [0.4, 0.5) is 0 Å². The van der Waals surface area contributed by atoms with E-state index in [1.165, 1.54) is 48.8 Å². The van der Waals surface area contributed by atoms with Crippen LogP contribution < -0.4 is 0 Å². The van der Waals surface area contributed by atoms with E-state index in [9.17, 15) is 0 Å². The van der Waals surface area contributed by atoms with Crippen LogP contribution in [0, 0.1) is 0 Å². The van der Waals surface area contributed by atoms with Gasteiger partial charge in [0.15, 0.2) is 11.6 Å². The van der Waals surface area contributed by atoms with E-state index in [1.54, 1.807) is 0 Å². The summed E-state index contributed by atoms with van der Waals surface area (Å²) in [5.74, 6) is 3.29. The molecule has 1 N–H and O–H groups in total. The molecule has 206 valence electrons. The van der Waals surface area contributed by atoms with Crippen LogP contribution >= 0.6 is 0 Å². The van der Waals surface area contributed by atoms with Crippen LogP contribution in [0.25, 0.3) is 17.2 Å². The van der Waals surface area contributed by atoms with Crippen molar-refractivity contribution in [1.29, 1.82) is 0 Å². The lowest BCUT2D eigenvalue weighted by Gasteiger charge is -2.22. The topological polar surface area (TPSA) is 90.1 Å². The van der Waals surface area contributed by atoms with E-state index in [-0.39, 0.29) is 0 Å². The van der Waals surface area contributed by atoms with Gasteiger partial charge in [-0.05, 0) is 76.9 Å². The number of aromatic amines is 1. The smallest absolute Gasteiger partial charge is 0.196 e. The Bertz CT molecular complexity index is 1480. The molecule has 1 saturated carbocycles. The number of unbranched alkanes of at least 4 members (excludes halogenated alkanes) is 1. The lowest BCUT2D eigenvalue weighted by atomic mass is 9.84. The van der Waals surface area contributed by atoms with Crippen molar-refractivity contribution in [3.63, 3.8) is 0 Å². The largest absolute Gasteiger partial charge is 0.314 e. The van der Waals surface area contributed by atoms with E-state index in [0.29, 0.717) is 5.92 Å². The summed E-state index contributed by atoms with van der Waals surface area (Å²) in [4.78, 5) is 4.94. The van der Waals surface area contributed by atoms with E-state index in [1.807, 2.05) is 0 Å². The monoisotopic (exact) mass is 534 g/mol. The fraction of sp³-hybridized carbons (Fsp3) is 0.406. The van der Waals surface area contributed by atoms with Gasteiger partial charge in [-0.3, -0.25) is 0 Å². The van der Waals surface area contributed by atoms with Crippen molar-refractivity contribution in [2.75, 3.05) is 0 Å². The Morgan fingerprint density at radius 3 is 2.45 bits per heavy atom. The first-order valence-corrected chi connectivity index (χ1v) is 14.8. The number of rotatable bonds is 11. The molecule has 2 aromatic carbocycles. The molecule has 40 heavy (non-hydrogen) atoms. The molecule has 1 fully saturated rings. The Hall–Kier alpha value is -4.07. The van der Waals surface area contributed by atoms with Crippen molar-refractivity contribution in [2.24, 2.45) is 0 Å². The van der Waals surface area contributed by atoms with Crippen molar-refractivity contribution in [3.8, 4) is 17.2 Å². The molecular formula is C32H38N8. The van der Waals surface area contributed by atoms with Gasteiger partial charge in [-0.1, -0.05) is 75.1 Å². The van der Waals surface area contributed by atoms with Gasteiger partial charge < -0.3 is 4.57 Å². The zero-order valence-corrected chi connectivity index (χ0v) is 23.3. The molecule has 3 aromatic heterocycles. The number of H-pyrrole nitrogens is 1. The number of aryl methyl sites for hydroxylation is 3. The summed E-state index contributed by atoms with van der Waals surface area (Å²) in [5, 5.41) is 20.0.